The summed E-state index contributed by atoms with van der Waals surface area (Å²) in [7, 11) is 1.65. The van der Waals surface area contributed by atoms with Crippen molar-refractivity contribution in [1.29, 1.82) is 0 Å². The highest BCUT2D eigenvalue weighted by Crippen LogP contribution is 2.11. The summed E-state index contributed by atoms with van der Waals surface area (Å²) < 4.78 is 5.02. The number of nitrogens with two attached hydrogens (primary N) is 1. The van der Waals surface area contributed by atoms with Gasteiger partial charge in [-0.3, -0.25) is 4.79 Å². The fourth-order valence-corrected chi connectivity index (χ4v) is 1.64. The van der Waals surface area contributed by atoms with Crippen LogP contribution in [0, 0.1) is 5.92 Å². The lowest BCUT2D eigenvalue weighted by atomic mass is 10.0. The molecule has 16 heavy (non-hydrogen) atoms. The number of rotatable bonds is 8. The van der Waals surface area contributed by atoms with Crippen molar-refractivity contribution < 1.29 is 9.53 Å². The van der Waals surface area contributed by atoms with Gasteiger partial charge in [-0.2, -0.15) is 0 Å². The van der Waals surface area contributed by atoms with Crippen molar-refractivity contribution >= 4 is 5.91 Å². The number of ether oxygens (including phenoxy) is 1. The Balaban J connectivity index is 4.24. The van der Waals surface area contributed by atoms with Crippen molar-refractivity contribution in [1.82, 2.24) is 4.90 Å². The van der Waals surface area contributed by atoms with E-state index in [-0.39, 0.29) is 17.9 Å². The molecule has 0 aromatic carbocycles. The van der Waals surface area contributed by atoms with Gasteiger partial charge in [-0.15, -0.1) is 0 Å². The molecular weight excluding hydrogens is 204 g/mol. The minimum atomic E-state index is 0.0582. The molecule has 4 nitrogen and oxygen atoms in total. The predicted molar refractivity (Wildman–Crippen MR) is 66.2 cm³/mol. The summed E-state index contributed by atoms with van der Waals surface area (Å²) in [5, 5.41) is 0. The van der Waals surface area contributed by atoms with Crippen LogP contribution in [0.25, 0.3) is 0 Å². The molecule has 0 aliphatic heterocycles. The van der Waals surface area contributed by atoms with Crippen LogP contribution < -0.4 is 5.73 Å². The van der Waals surface area contributed by atoms with E-state index in [1.807, 2.05) is 25.7 Å². The first-order chi connectivity index (χ1) is 7.54. The maximum Gasteiger partial charge on any atom is 0.225 e. The van der Waals surface area contributed by atoms with Gasteiger partial charge in [0.1, 0.15) is 0 Å². The van der Waals surface area contributed by atoms with Crippen molar-refractivity contribution in [3.05, 3.63) is 0 Å². The number of carbonyl (C=O) groups is 1. The molecule has 4 heteroatoms. The highest BCUT2D eigenvalue weighted by molar-refractivity contribution is 5.78. The van der Waals surface area contributed by atoms with E-state index >= 15 is 0 Å². The SMILES string of the molecule is COCCN(C(=O)C(C)CCCN)C(C)C. The molecule has 0 aliphatic rings. The van der Waals surface area contributed by atoms with Gasteiger partial charge >= 0.3 is 0 Å². The van der Waals surface area contributed by atoms with Gasteiger partial charge in [-0.1, -0.05) is 6.92 Å². The zero-order chi connectivity index (χ0) is 12.6. The Hall–Kier alpha value is -0.610. The van der Waals surface area contributed by atoms with Crippen LogP contribution in [-0.2, 0) is 9.53 Å². The van der Waals surface area contributed by atoms with Crippen LogP contribution in [0.5, 0.6) is 0 Å². The van der Waals surface area contributed by atoms with Gasteiger partial charge < -0.3 is 15.4 Å². The number of nitrogens with zero attached hydrogens (tertiary/aromatic N) is 1. The zero-order valence-electron chi connectivity index (χ0n) is 11.0. The first-order valence-electron chi connectivity index (χ1n) is 6.04. The molecule has 0 fully saturated rings. The third kappa shape index (κ3) is 5.47. The Morgan fingerprint density at radius 3 is 2.44 bits per heavy atom. The molecule has 1 amide bonds. The molecule has 0 rings (SSSR count). The topological polar surface area (TPSA) is 55.6 Å². The third-order valence-electron chi connectivity index (χ3n) is 2.71. The summed E-state index contributed by atoms with van der Waals surface area (Å²) in [4.78, 5) is 14.0. The van der Waals surface area contributed by atoms with E-state index in [2.05, 4.69) is 0 Å². The minimum absolute atomic E-state index is 0.0582. The molecule has 1 atom stereocenters. The number of amides is 1. The van der Waals surface area contributed by atoms with E-state index in [1.165, 1.54) is 0 Å². The molecule has 96 valence electrons. The lowest BCUT2D eigenvalue weighted by Crippen LogP contribution is -2.42. The Labute approximate surface area is 99.1 Å². The molecule has 0 aromatic rings. The minimum Gasteiger partial charge on any atom is -0.383 e. The van der Waals surface area contributed by atoms with Crippen LogP contribution in [-0.4, -0.2) is 43.7 Å². The van der Waals surface area contributed by atoms with E-state index in [0.29, 0.717) is 19.7 Å². The standard InChI is InChI=1S/C12H26N2O2/c1-10(2)14(8-9-16-4)12(15)11(3)6-5-7-13/h10-11H,5-9,13H2,1-4H3. The van der Waals surface area contributed by atoms with Crippen LogP contribution in [0.1, 0.15) is 33.6 Å². The van der Waals surface area contributed by atoms with Crippen LogP contribution >= 0.6 is 0 Å². The summed E-state index contributed by atoms with van der Waals surface area (Å²) in [6.45, 7) is 7.94. The van der Waals surface area contributed by atoms with Gasteiger partial charge in [0.15, 0.2) is 0 Å². The second-order valence-electron chi connectivity index (χ2n) is 4.45. The second kappa shape index (κ2) is 8.53. The Morgan fingerprint density at radius 2 is 2.00 bits per heavy atom. The third-order valence-corrected chi connectivity index (χ3v) is 2.71. The van der Waals surface area contributed by atoms with Gasteiger partial charge in [-0.05, 0) is 33.2 Å². The molecule has 1 unspecified atom stereocenters. The normalized spacial score (nSPS) is 12.9. The average Bonchev–Trinajstić information content (AvgIpc) is 2.25. The van der Waals surface area contributed by atoms with Gasteiger partial charge in [0, 0.05) is 25.6 Å². The Morgan fingerprint density at radius 1 is 1.38 bits per heavy atom. The van der Waals surface area contributed by atoms with Gasteiger partial charge in [0.25, 0.3) is 0 Å². The number of hydrogen-bond acceptors (Lipinski definition) is 3. The Bertz CT molecular complexity index is 195. The first kappa shape index (κ1) is 15.4. The van der Waals surface area contributed by atoms with Crippen molar-refractivity contribution in [2.24, 2.45) is 11.7 Å². The fourth-order valence-electron chi connectivity index (χ4n) is 1.64. The van der Waals surface area contributed by atoms with Crippen LogP contribution in [0.2, 0.25) is 0 Å². The van der Waals surface area contributed by atoms with Gasteiger partial charge in [-0.25, -0.2) is 0 Å². The lowest BCUT2D eigenvalue weighted by Gasteiger charge is -2.29. The molecule has 0 saturated heterocycles. The molecule has 0 saturated carbocycles. The molecule has 0 spiro atoms. The summed E-state index contributed by atoms with van der Waals surface area (Å²) >= 11 is 0. The van der Waals surface area contributed by atoms with Crippen LogP contribution in [0.3, 0.4) is 0 Å². The highest BCUT2D eigenvalue weighted by Gasteiger charge is 2.21. The molecule has 0 heterocycles. The molecule has 2 N–H and O–H groups in total. The monoisotopic (exact) mass is 230 g/mol. The van der Waals surface area contributed by atoms with Crippen molar-refractivity contribution in [2.45, 2.75) is 39.7 Å². The molecule has 0 aliphatic carbocycles. The summed E-state index contributed by atoms with van der Waals surface area (Å²) in [5.74, 6) is 0.267. The van der Waals surface area contributed by atoms with Crippen molar-refractivity contribution in [3.63, 3.8) is 0 Å². The summed E-state index contributed by atoms with van der Waals surface area (Å²) in [6, 6.07) is 0.225. The van der Waals surface area contributed by atoms with E-state index < -0.39 is 0 Å². The number of hydrogen-bond donors (Lipinski definition) is 1. The zero-order valence-corrected chi connectivity index (χ0v) is 11.0. The number of methoxy groups -OCH3 is 1. The smallest absolute Gasteiger partial charge is 0.225 e. The first-order valence-corrected chi connectivity index (χ1v) is 6.04. The molecule has 0 bridgehead atoms. The van der Waals surface area contributed by atoms with Crippen molar-refractivity contribution in [2.75, 3.05) is 26.8 Å². The van der Waals surface area contributed by atoms with Crippen molar-refractivity contribution in [3.8, 4) is 0 Å². The van der Waals surface area contributed by atoms with Gasteiger partial charge in [0.2, 0.25) is 5.91 Å². The Kier molecular flexibility index (Phi) is 8.21. The summed E-state index contributed by atoms with van der Waals surface area (Å²) in [6.07, 6.45) is 1.77. The quantitative estimate of drug-likeness (QED) is 0.682. The number of carbonyl (C=O) groups excluding carboxylic acids is 1. The second-order valence-corrected chi connectivity index (χ2v) is 4.45. The summed E-state index contributed by atoms with van der Waals surface area (Å²) in [5.41, 5.74) is 5.45. The predicted octanol–water partition coefficient (Wildman–Crippen LogP) is 1.24. The van der Waals surface area contributed by atoms with E-state index in [9.17, 15) is 4.79 Å². The van der Waals surface area contributed by atoms with E-state index in [1.54, 1.807) is 7.11 Å². The average molecular weight is 230 g/mol. The molecular formula is C12H26N2O2. The lowest BCUT2D eigenvalue weighted by molar-refractivity contribution is -0.137. The van der Waals surface area contributed by atoms with Crippen LogP contribution in [0.15, 0.2) is 0 Å². The van der Waals surface area contributed by atoms with Crippen LogP contribution in [0.4, 0.5) is 0 Å². The maximum atomic E-state index is 12.1. The van der Waals surface area contributed by atoms with E-state index in [4.69, 9.17) is 10.5 Å². The largest absolute Gasteiger partial charge is 0.383 e. The fraction of sp³-hybridized carbons (Fsp3) is 0.917. The molecule has 0 radical (unpaired) electrons. The maximum absolute atomic E-state index is 12.1. The van der Waals surface area contributed by atoms with E-state index in [0.717, 1.165) is 12.8 Å². The highest BCUT2D eigenvalue weighted by atomic mass is 16.5. The van der Waals surface area contributed by atoms with Gasteiger partial charge in [0.05, 0.1) is 6.61 Å². The molecule has 0 aromatic heterocycles.